The second kappa shape index (κ2) is 9.53. The molecule has 1 aliphatic rings. The standard InChI is InChI=1S/C27H31NO4/c1-18-9-10-19(2)21(13-18)16-28-11-12-32-26-22(17-28)14-20(15-25(26)30-4)23-7-6-8-24(29-3)27(23)31-5/h6-10,13-15H,11-12,16-17H2,1-5H3. The van der Waals surface area contributed by atoms with Gasteiger partial charge in [-0.25, -0.2) is 0 Å². The molecular formula is C27H31NO4. The fourth-order valence-corrected chi connectivity index (χ4v) is 4.31. The van der Waals surface area contributed by atoms with Gasteiger partial charge in [-0.2, -0.15) is 0 Å². The topological polar surface area (TPSA) is 40.2 Å². The second-order valence-corrected chi connectivity index (χ2v) is 8.20. The molecule has 0 aromatic heterocycles. The SMILES string of the molecule is COc1cc(-c2cccc(OC)c2OC)cc2c1OCCN(Cc1cc(C)ccc1C)C2. The molecule has 5 heteroatoms. The number of ether oxygens (including phenoxy) is 4. The summed E-state index contributed by atoms with van der Waals surface area (Å²) in [6.07, 6.45) is 0. The van der Waals surface area contributed by atoms with Gasteiger partial charge in [0.15, 0.2) is 23.0 Å². The summed E-state index contributed by atoms with van der Waals surface area (Å²) in [5.74, 6) is 2.96. The Morgan fingerprint density at radius 3 is 2.47 bits per heavy atom. The zero-order valence-electron chi connectivity index (χ0n) is 19.5. The van der Waals surface area contributed by atoms with Gasteiger partial charge >= 0.3 is 0 Å². The Bertz CT molecular complexity index is 1110. The summed E-state index contributed by atoms with van der Waals surface area (Å²) in [5.41, 5.74) is 7.02. The van der Waals surface area contributed by atoms with Crippen LogP contribution in [0.4, 0.5) is 0 Å². The predicted molar refractivity (Wildman–Crippen MR) is 127 cm³/mol. The van der Waals surface area contributed by atoms with Crippen molar-refractivity contribution in [3.8, 4) is 34.1 Å². The van der Waals surface area contributed by atoms with E-state index in [1.165, 1.54) is 16.7 Å². The number of hydrogen-bond donors (Lipinski definition) is 0. The molecule has 168 valence electrons. The van der Waals surface area contributed by atoms with E-state index in [0.717, 1.165) is 47.8 Å². The second-order valence-electron chi connectivity index (χ2n) is 8.20. The first kappa shape index (κ1) is 22.0. The third kappa shape index (κ3) is 4.39. The van der Waals surface area contributed by atoms with E-state index in [4.69, 9.17) is 18.9 Å². The van der Waals surface area contributed by atoms with Crippen LogP contribution in [0.2, 0.25) is 0 Å². The molecule has 0 aliphatic carbocycles. The molecule has 3 aromatic rings. The Morgan fingerprint density at radius 1 is 0.906 bits per heavy atom. The summed E-state index contributed by atoms with van der Waals surface area (Å²) in [6, 6.07) is 16.7. The van der Waals surface area contributed by atoms with Crippen molar-refractivity contribution in [1.29, 1.82) is 0 Å². The lowest BCUT2D eigenvalue weighted by Crippen LogP contribution is -2.25. The van der Waals surface area contributed by atoms with Gasteiger partial charge in [0.1, 0.15) is 6.61 Å². The zero-order valence-corrected chi connectivity index (χ0v) is 19.5. The molecule has 5 nitrogen and oxygen atoms in total. The normalized spacial score (nSPS) is 13.7. The Kier molecular flexibility index (Phi) is 6.56. The molecule has 0 amide bonds. The molecule has 0 N–H and O–H groups in total. The highest BCUT2D eigenvalue weighted by molar-refractivity contribution is 5.77. The molecule has 1 heterocycles. The van der Waals surface area contributed by atoms with Crippen molar-refractivity contribution in [2.45, 2.75) is 26.9 Å². The number of para-hydroxylation sites is 1. The molecule has 1 aliphatic heterocycles. The monoisotopic (exact) mass is 433 g/mol. The first-order chi connectivity index (χ1) is 15.5. The third-order valence-electron chi connectivity index (χ3n) is 6.01. The molecule has 0 bridgehead atoms. The third-order valence-corrected chi connectivity index (χ3v) is 6.01. The average molecular weight is 434 g/mol. The van der Waals surface area contributed by atoms with E-state index in [-0.39, 0.29) is 0 Å². The first-order valence-corrected chi connectivity index (χ1v) is 10.9. The smallest absolute Gasteiger partial charge is 0.168 e. The lowest BCUT2D eigenvalue weighted by molar-refractivity contribution is 0.216. The lowest BCUT2D eigenvalue weighted by Gasteiger charge is -2.21. The van der Waals surface area contributed by atoms with E-state index in [9.17, 15) is 0 Å². The van der Waals surface area contributed by atoms with Crippen LogP contribution in [0.5, 0.6) is 23.0 Å². The number of hydrogen-bond acceptors (Lipinski definition) is 5. The molecule has 0 spiro atoms. The number of benzene rings is 3. The highest BCUT2D eigenvalue weighted by atomic mass is 16.5. The van der Waals surface area contributed by atoms with E-state index >= 15 is 0 Å². The van der Waals surface area contributed by atoms with E-state index < -0.39 is 0 Å². The fraction of sp³-hybridized carbons (Fsp3) is 0.333. The van der Waals surface area contributed by atoms with Gasteiger partial charge < -0.3 is 18.9 Å². The molecule has 0 saturated heterocycles. The van der Waals surface area contributed by atoms with Crippen molar-refractivity contribution in [2.24, 2.45) is 0 Å². The largest absolute Gasteiger partial charge is 0.493 e. The van der Waals surface area contributed by atoms with Gasteiger partial charge in [0.05, 0.1) is 21.3 Å². The van der Waals surface area contributed by atoms with Gasteiger partial charge in [-0.1, -0.05) is 35.9 Å². The molecule has 0 fully saturated rings. The maximum atomic E-state index is 6.16. The van der Waals surface area contributed by atoms with Crippen molar-refractivity contribution in [2.75, 3.05) is 34.5 Å². The van der Waals surface area contributed by atoms with E-state index in [0.29, 0.717) is 18.1 Å². The number of fused-ring (bicyclic) bond motifs is 1. The summed E-state index contributed by atoms with van der Waals surface area (Å²) in [7, 11) is 5.00. The van der Waals surface area contributed by atoms with Crippen LogP contribution in [0.3, 0.4) is 0 Å². The maximum absolute atomic E-state index is 6.16. The Hall–Kier alpha value is -3.18. The van der Waals surface area contributed by atoms with Crippen LogP contribution in [-0.2, 0) is 13.1 Å². The Labute approximate surface area is 190 Å². The van der Waals surface area contributed by atoms with Gasteiger partial charge in [0, 0.05) is 30.8 Å². The molecule has 3 aromatic carbocycles. The van der Waals surface area contributed by atoms with Crippen LogP contribution in [0.25, 0.3) is 11.1 Å². The van der Waals surface area contributed by atoms with Crippen molar-refractivity contribution in [1.82, 2.24) is 4.90 Å². The summed E-state index contributed by atoms with van der Waals surface area (Å²) < 4.78 is 23.1. The van der Waals surface area contributed by atoms with Gasteiger partial charge in [0.25, 0.3) is 0 Å². The average Bonchev–Trinajstić information content (AvgIpc) is 3.01. The molecule has 0 atom stereocenters. The first-order valence-electron chi connectivity index (χ1n) is 10.9. The molecule has 32 heavy (non-hydrogen) atoms. The number of aryl methyl sites for hydroxylation is 2. The number of rotatable bonds is 6. The van der Waals surface area contributed by atoms with Gasteiger partial charge in [-0.3, -0.25) is 4.90 Å². The van der Waals surface area contributed by atoms with E-state index in [1.54, 1.807) is 21.3 Å². The van der Waals surface area contributed by atoms with E-state index in [2.05, 4.69) is 43.0 Å². The van der Waals surface area contributed by atoms with Crippen LogP contribution >= 0.6 is 0 Å². The van der Waals surface area contributed by atoms with Crippen molar-refractivity contribution >= 4 is 0 Å². The zero-order chi connectivity index (χ0) is 22.7. The van der Waals surface area contributed by atoms with Crippen molar-refractivity contribution in [3.05, 3.63) is 70.8 Å². The quantitative estimate of drug-likeness (QED) is 0.521. The summed E-state index contributed by atoms with van der Waals surface area (Å²) in [5, 5.41) is 0. The maximum Gasteiger partial charge on any atom is 0.168 e. The molecule has 0 saturated carbocycles. The fourth-order valence-electron chi connectivity index (χ4n) is 4.31. The highest BCUT2D eigenvalue weighted by Crippen LogP contribution is 2.43. The van der Waals surface area contributed by atoms with Gasteiger partial charge in [0.2, 0.25) is 0 Å². The predicted octanol–water partition coefficient (Wildman–Crippen LogP) is 5.39. The van der Waals surface area contributed by atoms with Crippen LogP contribution in [0, 0.1) is 13.8 Å². The molecule has 0 unspecified atom stereocenters. The minimum Gasteiger partial charge on any atom is -0.493 e. The minimum atomic E-state index is 0.621. The van der Waals surface area contributed by atoms with Gasteiger partial charge in [-0.05, 0) is 48.7 Å². The van der Waals surface area contributed by atoms with Crippen molar-refractivity contribution < 1.29 is 18.9 Å². The molecule has 4 rings (SSSR count). The van der Waals surface area contributed by atoms with E-state index in [1.807, 2.05) is 24.3 Å². The summed E-state index contributed by atoms with van der Waals surface area (Å²) in [6.45, 7) is 7.44. The molecule has 0 radical (unpaired) electrons. The highest BCUT2D eigenvalue weighted by Gasteiger charge is 2.22. The van der Waals surface area contributed by atoms with Crippen LogP contribution in [-0.4, -0.2) is 39.4 Å². The lowest BCUT2D eigenvalue weighted by atomic mass is 9.99. The minimum absolute atomic E-state index is 0.621. The van der Waals surface area contributed by atoms with Gasteiger partial charge in [-0.15, -0.1) is 0 Å². The Morgan fingerprint density at radius 2 is 1.72 bits per heavy atom. The van der Waals surface area contributed by atoms with Crippen LogP contribution in [0.1, 0.15) is 22.3 Å². The number of nitrogens with zero attached hydrogens (tertiary/aromatic N) is 1. The van der Waals surface area contributed by atoms with Crippen molar-refractivity contribution in [3.63, 3.8) is 0 Å². The summed E-state index contributed by atoms with van der Waals surface area (Å²) in [4.78, 5) is 2.43. The van der Waals surface area contributed by atoms with Crippen LogP contribution in [0.15, 0.2) is 48.5 Å². The summed E-state index contributed by atoms with van der Waals surface area (Å²) >= 11 is 0. The Balaban J connectivity index is 1.73. The molecular weight excluding hydrogens is 402 g/mol. The van der Waals surface area contributed by atoms with Crippen LogP contribution < -0.4 is 18.9 Å². The number of methoxy groups -OCH3 is 3.